The topological polar surface area (TPSA) is 118 Å². The van der Waals surface area contributed by atoms with Gasteiger partial charge in [0, 0.05) is 5.54 Å². The lowest BCUT2D eigenvalue weighted by Crippen LogP contribution is -2.68. The maximum absolute atomic E-state index is 13.2. The highest BCUT2D eigenvalue weighted by atomic mass is 32.2. The maximum Gasteiger partial charge on any atom is 0.241 e. The maximum atomic E-state index is 13.2. The summed E-state index contributed by atoms with van der Waals surface area (Å²) < 4.78 is 27.9. The first-order valence-electron chi connectivity index (χ1n) is 10.2. The number of carbonyl (C=O) groups is 2. The summed E-state index contributed by atoms with van der Waals surface area (Å²) in [7, 11) is -3.84. The molecule has 0 radical (unpaired) electrons. The molecule has 4 bridgehead atoms. The van der Waals surface area contributed by atoms with E-state index >= 15 is 0 Å². The van der Waals surface area contributed by atoms with Gasteiger partial charge in [-0.15, -0.1) is 0 Å². The van der Waals surface area contributed by atoms with Crippen molar-refractivity contribution in [3.8, 4) is 0 Å². The molecule has 4 fully saturated rings. The van der Waals surface area contributed by atoms with Crippen LogP contribution in [-0.2, 0) is 19.6 Å². The van der Waals surface area contributed by atoms with E-state index in [4.69, 9.17) is 5.73 Å². The van der Waals surface area contributed by atoms with Gasteiger partial charge in [0.05, 0.1) is 10.3 Å². The van der Waals surface area contributed by atoms with E-state index in [0.717, 1.165) is 32.1 Å². The molecule has 8 heteroatoms. The quantitative estimate of drug-likeness (QED) is 0.650. The standard InChI is InChI=1S/C21H29N3O4S/c1-19(2,24-29(27,28)16-6-4-3-5-7-16)18(26)23-21-11-14-8-15(12-21)10-20(9-14,13-21)17(22)25/h3-7,14-15,24H,8-13H2,1-2H3,(H2,22,25)(H,23,26). The van der Waals surface area contributed by atoms with Gasteiger partial charge in [-0.25, -0.2) is 8.42 Å². The molecule has 4 aliphatic rings. The van der Waals surface area contributed by atoms with Gasteiger partial charge in [-0.05, 0) is 76.3 Å². The second-order valence-corrected chi connectivity index (χ2v) is 11.6. The Morgan fingerprint density at radius 3 is 2.21 bits per heavy atom. The van der Waals surface area contributed by atoms with E-state index in [1.165, 1.54) is 12.1 Å². The molecule has 7 nitrogen and oxygen atoms in total. The Labute approximate surface area is 171 Å². The van der Waals surface area contributed by atoms with Gasteiger partial charge in [0.25, 0.3) is 0 Å². The summed E-state index contributed by atoms with van der Waals surface area (Å²) in [5, 5.41) is 3.14. The number of carbonyl (C=O) groups excluding carboxylic acids is 2. The molecule has 158 valence electrons. The number of hydrogen-bond acceptors (Lipinski definition) is 4. The summed E-state index contributed by atoms with van der Waals surface area (Å²) in [5.41, 5.74) is 3.42. The van der Waals surface area contributed by atoms with Crippen molar-refractivity contribution in [2.75, 3.05) is 0 Å². The minimum atomic E-state index is -3.84. The highest BCUT2D eigenvalue weighted by molar-refractivity contribution is 7.89. The molecule has 2 unspecified atom stereocenters. The number of sulfonamides is 1. The Balaban J connectivity index is 1.53. The van der Waals surface area contributed by atoms with Gasteiger partial charge in [0.2, 0.25) is 21.8 Å². The Morgan fingerprint density at radius 1 is 1.07 bits per heavy atom. The Bertz CT molecular complexity index is 928. The first kappa shape index (κ1) is 20.3. The first-order chi connectivity index (χ1) is 13.5. The van der Waals surface area contributed by atoms with Crippen molar-refractivity contribution in [2.24, 2.45) is 23.0 Å². The molecule has 1 aromatic rings. The largest absolute Gasteiger partial charge is 0.369 e. The summed E-state index contributed by atoms with van der Waals surface area (Å²) in [4.78, 5) is 25.5. The Hall–Kier alpha value is -1.93. The minimum absolute atomic E-state index is 0.114. The summed E-state index contributed by atoms with van der Waals surface area (Å²) in [6, 6.07) is 8.00. The monoisotopic (exact) mass is 419 g/mol. The van der Waals surface area contributed by atoms with Crippen molar-refractivity contribution in [1.82, 2.24) is 10.0 Å². The van der Waals surface area contributed by atoms with Crippen LogP contribution >= 0.6 is 0 Å². The molecular weight excluding hydrogens is 390 g/mol. The molecule has 4 saturated carbocycles. The average Bonchev–Trinajstić information content (AvgIpc) is 2.60. The normalized spacial score (nSPS) is 33.4. The molecule has 0 saturated heterocycles. The number of rotatable bonds is 6. The highest BCUT2D eigenvalue weighted by Gasteiger charge is 2.61. The number of nitrogens with one attached hydrogen (secondary N) is 2. The fourth-order valence-electron chi connectivity index (χ4n) is 6.13. The third-order valence-corrected chi connectivity index (χ3v) is 8.64. The molecule has 2 amide bonds. The van der Waals surface area contributed by atoms with Gasteiger partial charge in [0.15, 0.2) is 0 Å². The van der Waals surface area contributed by atoms with E-state index in [1.807, 2.05) is 0 Å². The first-order valence-corrected chi connectivity index (χ1v) is 11.7. The number of benzene rings is 1. The van der Waals surface area contributed by atoms with E-state index in [1.54, 1.807) is 32.0 Å². The highest BCUT2D eigenvalue weighted by Crippen LogP contribution is 2.61. The zero-order valence-electron chi connectivity index (χ0n) is 16.9. The third-order valence-electron chi connectivity index (χ3n) is 6.97. The van der Waals surface area contributed by atoms with Crippen LogP contribution in [0.2, 0.25) is 0 Å². The number of nitrogens with two attached hydrogens (primary N) is 1. The molecule has 29 heavy (non-hydrogen) atoms. The fraction of sp³-hybridized carbons (Fsp3) is 0.619. The van der Waals surface area contributed by atoms with Gasteiger partial charge in [0.1, 0.15) is 5.54 Å². The van der Waals surface area contributed by atoms with Crippen LogP contribution < -0.4 is 15.8 Å². The average molecular weight is 420 g/mol. The molecular formula is C21H29N3O4S. The predicted octanol–water partition coefficient (Wildman–Crippen LogP) is 1.68. The zero-order chi connectivity index (χ0) is 21.1. The molecule has 4 aliphatic carbocycles. The number of primary amides is 1. The molecule has 0 aromatic heterocycles. The molecule has 4 N–H and O–H groups in total. The summed E-state index contributed by atoms with van der Waals surface area (Å²) >= 11 is 0. The van der Waals surface area contributed by atoms with Crippen molar-refractivity contribution in [3.63, 3.8) is 0 Å². The van der Waals surface area contributed by atoms with Crippen molar-refractivity contribution in [1.29, 1.82) is 0 Å². The summed E-state index contributed by atoms with van der Waals surface area (Å²) in [5.74, 6) is 0.120. The van der Waals surface area contributed by atoms with E-state index in [2.05, 4.69) is 10.0 Å². The smallest absolute Gasteiger partial charge is 0.241 e. The lowest BCUT2D eigenvalue weighted by molar-refractivity contribution is -0.151. The molecule has 0 spiro atoms. The van der Waals surface area contributed by atoms with Crippen LogP contribution in [0.3, 0.4) is 0 Å². The second-order valence-electron chi connectivity index (χ2n) is 9.88. The molecule has 0 heterocycles. The van der Waals surface area contributed by atoms with Crippen molar-refractivity contribution in [3.05, 3.63) is 30.3 Å². The van der Waals surface area contributed by atoms with Crippen LogP contribution in [0.4, 0.5) is 0 Å². The summed E-state index contributed by atoms with van der Waals surface area (Å²) in [6.07, 6.45) is 4.89. The molecule has 5 rings (SSSR count). The van der Waals surface area contributed by atoms with Gasteiger partial charge >= 0.3 is 0 Å². The summed E-state index contributed by atoms with van der Waals surface area (Å²) in [6.45, 7) is 3.13. The Kier molecular flexibility index (Phi) is 4.59. The van der Waals surface area contributed by atoms with Crippen molar-refractivity contribution >= 4 is 21.8 Å². The fourth-order valence-corrected chi connectivity index (χ4v) is 7.53. The lowest BCUT2D eigenvalue weighted by Gasteiger charge is -2.61. The van der Waals surface area contributed by atoms with Gasteiger partial charge in [-0.1, -0.05) is 18.2 Å². The van der Waals surface area contributed by atoms with Crippen molar-refractivity contribution in [2.45, 2.75) is 68.3 Å². The second kappa shape index (κ2) is 6.54. The van der Waals surface area contributed by atoms with E-state index in [0.29, 0.717) is 18.3 Å². The van der Waals surface area contributed by atoms with Crippen LogP contribution in [0.1, 0.15) is 52.4 Å². The predicted molar refractivity (Wildman–Crippen MR) is 108 cm³/mol. The zero-order valence-corrected chi connectivity index (χ0v) is 17.7. The third kappa shape index (κ3) is 3.57. The molecule has 2 atom stereocenters. The van der Waals surface area contributed by atoms with Crippen LogP contribution in [0.5, 0.6) is 0 Å². The molecule has 1 aromatic carbocycles. The van der Waals surface area contributed by atoms with Gasteiger partial charge < -0.3 is 11.1 Å². The Morgan fingerprint density at radius 2 is 1.66 bits per heavy atom. The van der Waals surface area contributed by atoms with Gasteiger partial charge in [-0.2, -0.15) is 4.72 Å². The molecule has 0 aliphatic heterocycles. The van der Waals surface area contributed by atoms with E-state index in [-0.39, 0.29) is 16.7 Å². The van der Waals surface area contributed by atoms with E-state index < -0.39 is 26.5 Å². The lowest BCUT2D eigenvalue weighted by atomic mass is 9.46. The minimum Gasteiger partial charge on any atom is -0.369 e. The number of amides is 2. The van der Waals surface area contributed by atoms with Crippen molar-refractivity contribution < 1.29 is 18.0 Å². The SMILES string of the molecule is CC(C)(NS(=O)(=O)c1ccccc1)C(=O)NC12CC3CC(C1)CC(C(N)=O)(C3)C2. The van der Waals surface area contributed by atoms with E-state index in [9.17, 15) is 18.0 Å². The van der Waals surface area contributed by atoms with Crippen LogP contribution in [0.25, 0.3) is 0 Å². The van der Waals surface area contributed by atoms with Crippen LogP contribution in [-0.4, -0.2) is 31.3 Å². The number of hydrogen-bond donors (Lipinski definition) is 3. The van der Waals surface area contributed by atoms with Gasteiger partial charge in [-0.3, -0.25) is 9.59 Å². The van der Waals surface area contributed by atoms with Crippen LogP contribution in [0, 0.1) is 17.3 Å². The van der Waals surface area contributed by atoms with Crippen LogP contribution in [0.15, 0.2) is 35.2 Å².